The van der Waals surface area contributed by atoms with E-state index < -0.39 is 17.9 Å². The molecule has 0 aliphatic carbocycles. The van der Waals surface area contributed by atoms with Gasteiger partial charge in [0.05, 0.1) is 5.69 Å². The zero-order valence-corrected chi connectivity index (χ0v) is 15.8. The fraction of sp³-hybridized carbons (Fsp3) is 0.0909. The lowest BCUT2D eigenvalue weighted by Crippen LogP contribution is -2.42. The SMILES string of the molecule is O=C(N[C@@H](Cc1ccccc1)C(=O)O)c1c[nH]n2c(=O)cc(-c3ccccc3)nc12. The number of aromatic amines is 1. The molecule has 1 amide bonds. The van der Waals surface area contributed by atoms with Crippen LogP contribution in [0.1, 0.15) is 15.9 Å². The second kappa shape index (κ2) is 8.04. The predicted octanol–water partition coefficient (Wildman–Crippen LogP) is 2.12. The van der Waals surface area contributed by atoms with Crippen molar-refractivity contribution in [2.24, 2.45) is 0 Å². The third-order valence-electron chi connectivity index (χ3n) is 4.70. The van der Waals surface area contributed by atoms with Crippen molar-refractivity contribution in [3.63, 3.8) is 0 Å². The summed E-state index contributed by atoms with van der Waals surface area (Å²) in [4.78, 5) is 41.4. The summed E-state index contributed by atoms with van der Waals surface area (Å²) in [5, 5.41) is 14.8. The first-order valence-electron chi connectivity index (χ1n) is 9.27. The van der Waals surface area contributed by atoms with E-state index in [-0.39, 0.29) is 23.2 Å². The molecule has 0 unspecified atom stereocenters. The second-order valence-electron chi connectivity index (χ2n) is 6.75. The van der Waals surface area contributed by atoms with Crippen LogP contribution in [-0.4, -0.2) is 37.6 Å². The molecule has 0 saturated carbocycles. The zero-order valence-electron chi connectivity index (χ0n) is 15.8. The molecule has 0 spiro atoms. The van der Waals surface area contributed by atoms with Crippen LogP contribution in [0.4, 0.5) is 0 Å². The number of carboxylic acids is 1. The van der Waals surface area contributed by atoms with Gasteiger partial charge in [0, 0.05) is 24.2 Å². The van der Waals surface area contributed by atoms with Crippen LogP contribution in [0.2, 0.25) is 0 Å². The molecule has 2 aromatic carbocycles. The van der Waals surface area contributed by atoms with Crippen LogP contribution in [-0.2, 0) is 11.2 Å². The number of carbonyl (C=O) groups is 2. The molecule has 4 aromatic rings. The molecule has 0 aliphatic rings. The Bertz CT molecular complexity index is 1260. The summed E-state index contributed by atoms with van der Waals surface area (Å²) in [6, 6.07) is 18.4. The van der Waals surface area contributed by atoms with Gasteiger partial charge in [-0.2, -0.15) is 0 Å². The van der Waals surface area contributed by atoms with Gasteiger partial charge in [0.2, 0.25) is 0 Å². The molecule has 0 bridgehead atoms. The lowest BCUT2D eigenvalue weighted by Gasteiger charge is -2.14. The van der Waals surface area contributed by atoms with Gasteiger partial charge >= 0.3 is 5.97 Å². The Hall–Kier alpha value is -4.20. The standard InChI is InChI=1S/C22H18N4O4/c27-19-12-17(15-9-5-2-6-10-15)24-20-16(13-23-26(19)20)21(28)25-18(22(29)30)11-14-7-3-1-4-8-14/h1-10,12-13,18,23H,11H2,(H,25,28)(H,29,30)/t18-/m0/s1. The van der Waals surface area contributed by atoms with Crippen molar-refractivity contribution in [2.75, 3.05) is 0 Å². The summed E-state index contributed by atoms with van der Waals surface area (Å²) in [6.07, 6.45) is 1.47. The summed E-state index contributed by atoms with van der Waals surface area (Å²) in [5.74, 6) is -1.78. The van der Waals surface area contributed by atoms with Crippen molar-refractivity contribution in [1.82, 2.24) is 19.9 Å². The van der Waals surface area contributed by atoms with Crippen LogP contribution < -0.4 is 10.9 Å². The molecule has 0 fully saturated rings. The van der Waals surface area contributed by atoms with Gasteiger partial charge in [-0.15, -0.1) is 0 Å². The number of amides is 1. The topological polar surface area (TPSA) is 117 Å². The van der Waals surface area contributed by atoms with E-state index in [0.717, 1.165) is 15.6 Å². The quantitative estimate of drug-likeness (QED) is 0.457. The third kappa shape index (κ3) is 3.83. The predicted molar refractivity (Wildman–Crippen MR) is 110 cm³/mol. The van der Waals surface area contributed by atoms with Crippen LogP contribution in [0, 0.1) is 0 Å². The van der Waals surface area contributed by atoms with E-state index in [2.05, 4.69) is 15.4 Å². The van der Waals surface area contributed by atoms with Crippen molar-refractivity contribution in [3.8, 4) is 11.3 Å². The van der Waals surface area contributed by atoms with E-state index in [4.69, 9.17) is 0 Å². The monoisotopic (exact) mass is 402 g/mol. The molecule has 8 heteroatoms. The minimum absolute atomic E-state index is 0.0872. The minimum atomic E-state index is -1.15. The van der Waals surface area contributed by atoms with Gasteiger partial charge in [-0.25, -0.2) is 14.3 Å². The Morgan fingerprint density at radius 3 is 2.40 bits per heavy atom. The first kappa shape index (κ1) is 19.1. The Balaban J connectivity index is 1.66. The van der Waals surface area contributed by atoms with Crippen LogP contribution in [0.15, 0.2) is 77.7 Å². The number of fused-ring (bicyclic) bond motifs is 1. The van der Waals surface area contributed by atoms with E-state index >= 15 is 0 Å². The van der Waals surface area contributed by atoms with Crippen LogP contribution in [0.3, 0.4) is 0 Å². The Labute approximate surface area is 170 Å². The van der Waals surface area contributed by atoms with Crippen molar-refractivity contribution in [2.45, 2.75) is 12.5 Å². The first-order chi connectivity index (χ1) is 14.5. The lowest BCUT2D eigenvalue weighted by atomic mass is 10.1. The molecule has 4 rings (SSSR count). The van der Waals surface area contributed by atoms with Crippen molar-refractivity contribution in [3.05, 3.63) is 94.4 Å². The second-order valence-corrected chi connectivity index (χ2v) is 6.75. The number of nitrogens with one attached hydrogen (secondary N) is 2. The highest BCUT2D eigenvalue weighted by molar-refractivity contribution is 6.01. The maximum atomic E-state index is 12.8. The van der Waals surface area contributed by atoms with E-state index in [1.807, 2.05) is 36.4 Å². The Morgan fingerprint density at radius 1 is 1.07 bits per heavy atom. The van der Waals surface area contributed by atoms with E-state index in [1.54, 1.807) is 24.3 Å². The minimum Gasteiger partial charge on any atom is -0.480 e. The molecular weight excluding hydrogens is 384 g/mol. The van der Waals surface area contributed by atoms with Crippen molar-refractivity contribution >= 4 is 17.5 Å². The maximum absolute atomic E-state index is 12.8. The molecule has 3 N–H and O–H groups in total. The van der Waals surface area contributed by atoms with E-state index in [1.165, 1.54) is 12.3 Å². The highest BCUT2D eigenvalue weighted by Crippen LogP contribution is 2.17. The molecule has 0 saturated heterocycles. The molecular formula is C22H18N4O4. The Kier molecular flexibility index (Phi) is 5.13. The highest BCUT2D eigenvalue weighted by atomic mass is 16.4. The molecule has 2 aromatic heterocycles. The number of hydrogen-bond acceptors (Lipinski definition) is 4. The number of hydrogen-bond donors (Lipinski definition) is 3. The van der Waals surface area contributed by atoms with Gasteiger partial charge in [-0.3, -0.25) is 14.7 Å². The molecule has 0 aliphatic heterocycles. The molecule has 1 atom stereocenters. The fourth-order valence-corrected chi connectivity index (χ4v) is 3.19. The number of nitrogens with zero attached hydrogens (tertiary/aromatic N) is 2. The number of rotatable bonds is 6. The maximum Gasteiger partial charge on any atom is 0.326 e. The largest absolute Gasteiger partial charge is 0.480 e. The van der Waals surface area contributed by atoms with Crippen LogP contribution in [0.25, 0.3) is 16.9 Å². The molecule has 0 radical (unpaired) electrons. The zero-order chi connectivity index (χ0) is 21.1. The van der Waals surface area contributed by atoms with Crippen LogP contribution >= 0.6 is 0 Å². The Morgan fingerprint density at radius 2 is 1.73 bits per heavy atom. The first-order valence-corrected chi connectivity index (χ1v) is 9.27. The third-order valence-corrected chi connectivity index (χ3v) is 4.70. The molecule has 30 heavy (non-hydrogen) atoms. The van der Waals surface area contributed by atoms with Gasteiger partial charge in [-0.05, 0) is 5.56 Å². The highest BCUT2D eigenvalue weighted by Gasteiger charge is 2.24. The molecule has 150 valence electrons. The average Bonchev–Trinajstić information content (AvgIpc) is 3.19. The van der Waals surface area contributed by atoms with Gasteiger partial charge in [0.25, 0.3) is 11.5 Å². The van der Waals surface area contributed by atoms with E-state index in [9.17, 15) is 19.5 Å². The van der Waals surface area contributed by atoms with Crippen LogP contribution in [0.5, 0.6) is 0 Å². The van der Waals surface area contributed by atoms with Crippen molar-refractivity contribution in [1.29, 1.82) is 0 Å². The van der Waals surface area contributed by atoms with Gasteiger partial charge in [0.1, 0.15) is 11.6 Å². The number of aliphatic carboxylic acids is 1. The summed E-state index contributed by atoms with van der Waals surface area (Å²) in [7, 11) is 0. The lowest BCUT2D eigenvalue weighted by molar-refractivity contribution is -0.139. The molecule has 8 nitrogen and oxygen atoms in total. The summed E-state index contributed by atoms with van der Waals surface area (Å²) in [6.45, 7) is 0. The van der Waals surface area contributed by atoms with Gasteiger partial charge in [-0.1, -0.05) is 60.7 Å². The summed E-state index contributed by atoms with van der Waals surface area (Å²) >= 11 is 0. The number of carboxylic acid groups (broad SMARTS) is 1. The molecule has 2 heterocycles. The summed E-state index contributed by atoms with van der Waals surface area (Å²) in [5.41, 5.74) is 1.78. The average molecular weight is 402 g/mol. The number of aromatic nitrogens is 3. The van der Waals surface area contributed by atoms with Crippen molar-refractivity contribution < 1.29 is 14.7 Å². The smallest absolute Gasteiger partial charge is 0.326 e. The number of H-pyrrole nitrogens is 1. The van der Waals surface area contributed by atoms with Gasteiger partial charge < -0.3 is 10.4 Å². The summed E-state index contributed by atoms with van der Waals surface area (Å²) < 4.78 is 1.15. The number of carbonyl (C=O) groups excluding carboxylic acids is 1. The fourth-order valence-electron chi connectivity index (χ4n) is 3.19. The van der Waals surface area contributed by atoms with E-state index in [0.29, 0.717) is 5.69 Å². The van der Waals surface area contributed by atoms with Gasteiger partial charge in [0.15, 0.2) is 5.65 Å². The normalized spacial score (nSPS) is 11.9. The number of benzene rings is 2.